The van der Waals surface area contributed by atoms with Crippen LogP contribution in [0.15, 0.2) is 53.4 Å². The van der Waals surface area contributed by atoms with E-state index in [0.29, 0.717) is 0 Å². The number of hydrogen-bond donors (Lipinski definition) is 1. The van der Waals surface area contributed by atoms with E-state index < -0.39 is 20.8 Å². The number of benzene rings is 2. The van der Waals surface area contributed by atoms with Crippen LogP contribution in [0.2, 0.25) is 0 Å². The van der Waals surface area contributed by atoms with Crippen LogP contribution in [0, 0.1) is 0 Å². The van der Waals surface area contributed by atoms with Gasteiger partial charge in [0.05, 0.1) is 16.5 Å². The Morgan fingerprint density at radius 2 is 1.84 bits per heavy atom. The molecular formula is C24H33N3O3S2. The van der Waals surface area contributed by atoms with Crippen LogP contribution in [0.5, 0.6) is 0 Å². The van der Waals surface area contributed by atoms with Crippen LogP contribution < -0.4 is 9.62 Å². The van der Waals surface area contributed by atoms with E-state index in [9.17, 15) is 13.2 Å². The maximum atomic E-state index is 12.9. The number of sulfonamides is 1. The molecule has 0 aliphatic carbocycles. The zero-order valence-corrected chi connectivity index (χ0v) is 21.1. The summed E-state index contributed by atoms with van der Waals surface area (Å²) in [5, 5.41) is 0. The molecule has 0 saturated carbocycles. The van der Waals surface area contributed by atoms with Gasteiger partial charge in [0.15, 0.2) is 0 Å². The lowest BCUT2D eigenvalue weighted by molar-refractivity contribution is -0.129. The summed E-state index contributed by atoms with van der Waals surface area (Å²) in [5.74, 6) is 0.873. The highest BCUT2D eigenvalue weighted by atomic mass is 32.2. The minimum absolute atomic E-state index is 0.0624. The van der Waals surface area contributed by atoms with E-state index in [0.717, 1.165) is 30.1 Å². The number of fused-ring (bicyclic) bond motifs is 1. The summed E-state index contributed by atoms with van der Waals surface area (Å²) < 4.78 is 27.7. The molecule has 6 nitrogen and oxygen atoms in total. The fourth-order valence-electron chi connectivity index (χ4n) is 3.42. The second kappa shape index (κ2) is 9.85. The van der Waals surface area contributed by atoms with Gasteiger partial charge in [0.2, 0.25) is 15.9 Å². The Labute approximate surface area is 196 Å². The van der Waals surface area contributed by atoms with Crippen LogP contribution in [0.1, 0.15) is 44.4 Å². The van der Waals surface area contributed by atoms with E-state index in [2.05, 4.69) is 21.8 Å². The summed E-state index contributed by atoms with van der Waals surface area (Å²) in [6.07, 6.45) is 0.0624. The second-order valence-electron chi connectivity index (χ2n) is 9.26. The lowest BCUT2D eigenvalue weighted by Crippen LogP contribution is -2.42. The first-order valence-electron chi connectivity index (χ1n) is 10.8. The summed E-state index contributed by atoms with van der Waals surface area (Å²) >= 11 is 1.80. The van der Waals surface area contributed by atoms with Crippen LogP contribution in [0.25, 0.3) is 0 Å². The number of anilines is 1. The average Bonchev–Trinajstić information content (AvgIpc) is 2.73. The Balaban J connectivity index is 1.96. The molecule has 0 spiro atoms. The van der Waals surface area contributed by atoms with Crippen LogP contribution in [0.3, 0.4) is 0 Å². The highest BCUT2D eigenvalue weighted by Gasteiger charge is 2.33. The first kappa shape index (κ1) is 24.6. The molecule has 1 aliphatic heterocycles. The van der Waals surface area contributed by atoms with E-state index in [4.69, 9.17) is 0 Å². The van der Waals surface area contributed by atoms with Gasteiger partial charge in [-0.25, -0.2) is 13.1 Å². The molecule has 1 amide bonds. The second-order valence-corrected chi connectivity index (χ2v) is 12.9. The van der Waals surface area contributed by atoms with Gasteiger partial charge in [0.25, 0.3) is 0 Å². The highest BCUT2D eigenvalue weighted by Crippen LogP contribution is 2.38. The predicted molar refractivity (Wildman–Crippen MR) is 133 cm³/mol. The van der Waals surface area contributed by atoms with Gasteiger partial charge in [0.1, 0.15) is 0 Å². The minimum atomic E-state index is -3.64. The molecule has 3 rings (SSSR count). The van der Waals surface area contributed by atoms with Crippen LogP contribution >= 0.6 is 11.8 Å². The van der Waals surface area contributed by atoms with Gasteiger partial charge in [-0.3, -0.25) is 4.79 Å². The summed E-state index contributed by atoms with van der Waals surface area (Å²) in [7, 11) is -0.273. The van der Waals surface area contributed by atoms with E-state index in [-0.39, 0.29) is 12.3 Å². The van der Waals surface area contributed by atoms with Gasteiger partial charge in [-0.15, -0.1) is 11.8 Å². The summed E-state index contributed by atoms with van der Waals surface area (Å²) in [5.41, 5.74) is 3.11. The number of carbonyl (C=O) groups excluding carboxylic acids is 1. The van der Waals surface area contributed by atoms with E-state index >= 15 is 0 Å². The van der Waals surface area contributed by atoms with Crippen LogP contribution in [-0.4, -0.2) is 50.4 Å². The van der Waals surface area contributed by atoms with Gasteiger partial charge in [0, 0.05) is 44.3 Å². The number of hydrogen-bond acceptors (Lipinski definition) is 5. The van der Waals surface area contributed by atoms with E-state index in [1.807, 2.05) is 36.4 Å². The maximum Gasteiger partial charge on any atom is 0.224 e. The summed E-state index contributed by atoms with van der Waals surface area (Å²) in [6, 6.07) is 15.7. The predicted octanol–water partition coefficient (Wildman–Crippen LogP) is 4.04. The number of carbonyl (C=O) groups is 1. The third-order valence-corrected chi connectivity index (χ3v) is 8.79. The maximum absolute atomic E-state index is 12.9. The molecule has 8 heteroatoms. The van der Waals surface area contributed by atoms with Crippen LogP contribution in [0.4, 0.5) is 5.69 Å². The Kier molecular flexibility index (Phi) is 7.57. The van der Waals surface area contributed by atoms with Crippen molar-refractivity contribution in [1.82, 2.24) is 9.62 Å². The van der Waals surface area contributed by atoms with Crippen molar-refractivity contribution in [1.29, 1.82) is 0 Å². The third kappa shape index (κ3) is 5.85. The van der Waals surface area contributed by atoms with Gasteiger partial charge in [-0.05, 0) is 44.0 Å². The molecule has 174 valence electrons. The fourth-order valence-corrected chi connectivity index (χ4v) is 5.40. The van der Waals surface area contributed by atoms with E-state index in [1.165, 1.54) is 15.4 Å². The van der Waals surface area contributed by atoms with Gasteiger partial charge in [-0.1, -0.05) is 36.4 Å². The molecular weight excluding hydrogens is 442 g/mol. The van der Waals surface area contributed by atoms with Crippen molar-refractivity contribution in [2.75, 3.05) is 31.3 Å². The molecule has 1 heterocycles. The molecule has 1 atom stereocenters. The summed E-state index contributed by atoms with van der Waals surface area (Å²) in [6.45, 7) is 6.67. The molecule has 32 heavy (non-hydrogen) atoms. The molecule has 0 fully saturated rings. The molecule has 1 unspecified atom stereocenters. The van der Waals surface area contributed by atoms with Crippen molar-refractivity contribution < 1.29 is 13.2 Å². The number of rotatable bonds is 7. The first-order valence-corrected chi connectivity index (χ1v) is 13.2. The standard InChI is InChI=1S/C24H33N3O3S2/c1-24(2,3)32(29,30)25-20(16-23(28)26(4)5)19-11-12-22-21(15-19)27(13-14-31-22)17-18-9-7-6-8-10-18/h6-12,15,20,25H,13-14,16-17H2,1-5H3. The highest BCUT2D eigenvalue weighted by molar-refractivity contribution is 7.99. The third-order valence-electron chi connectivity index (χ3n) is 5.54. The Bertz CT molecular complexity index is 1050. The molecule has 0 bridgehead atoms. The Morgan fingerprint density at radius 3 is 2.47 bits per heavy atom. The number of amides is 1. The Morgan fingerprint density at radius 1 is 1.16 bits per heavy atom. The van der Waals surface area contributed by atoms with Gasteiger partial charge < -0.3 is 9.80 Å². The lowest BCUT2D eigenvalue weighted by Gasteiger charge is -2.32. The molecule has 0 radical (unpaired) electrons. The number of nitrogens with one attached hydrogen (secondary N) is 1. The smallest absolute Gasteiger partial charge is 0.224 e. The van der Waals surface area contributed by atoms with Crippen molar-refractivity contribution in [3.05, 3.63) is 59.7 Å². The number of nitrogens with zero attached hydrogens (tertiary/aromatic N) is 2. The molecule has 1 N–H and O–H groups in total. The minimum Gasteiger partial charge on any atom is -0.365 e. The monoisotopic (exact) mass is 475 g/mol. The quantitative estimate of drug-likeness (QED) is 0.655. The van der Waals surface area contributed by atoms with Gasteiger partial charge >= 0.3 is 0 Å². The van der Waals surface area contributed by atoms with Crippen molar-refractivity contribution in [2.45, 2.75) is 49.4 Å². The van der Waals surface area contributed by atoms with Crippen molar-refractivity contribution in [2.24, 2.45) is 0 Å². The molecule has 2 aromatic rings. The SMILES string of the molecule is CN(C)C(=O)CC(NS(=O)(=O)C(C)(C)C)c1ccc2c(c1)N(Cc1ccccc1)CCS2. The van der Waals surface area contributed by atoms with E-state index in [1.54, 1.807) is 46.6 Å². The van der Waals surface area contributed by atoms with Crippen molar-refractivity contribution >= 4 is 33.4 Å². The molecule has 0 aromatic heterocycles. The first-order chi connectivity index (χ1) is 15.0. The lowest BCUT2D eigenvalue weighted by atomic mass is 10.0. The largest absolute Gasteiger partial charge is 0.365 e. The average molecular weight is 476 g/mol. The van der Waals surface area contributed by atoms with Crippen molar-refractivity contribution in [3.63, 3.8) is 0 Å². The molecule has 2 aromatic carbocycles. The van der Waals surface area contributed by atoms with Crippen LogP contribution in [-0.2, 0) is 21.4 Å². The fraction of sp³-hybridized carbons (Fsp3) is 0.458. The zero-order chi connectivity index (χ0) is 23.5. The normalized spacial score (nSPS) is 15.2. The number of thioether (sulfide) groups is 1. The Hall–Kier alpha value is -2.03. The molecule has 1 aliphatic rings. The van der Waals surface area contributed by atoms with Crippen molar-refractivity contribution in [3.8, 4) is 0 Å². The topological polar surface area (TPSA) is 69.7 Å². The molecule has 0 saturated heterocycles. The summed E-state index contributed by atoms with van der Waals surface area (Å²) in [4.78, 5) is 17.5. The zero-order valence-electron chi connectivity index (χ0n) is 19.5. The van der Waals surface area contributed by atoms with Gasteiger partial charge in [-0.2, -0.15) is 0 Å².